The number of hydrogen-bond donors (Lipinski definition) is 0. The van der Waals surface area contributed by atoms with Crippen LogP contribution in [0.2, 0.25) is 0 Å². The molecule has 5 nitrogen and oxygen atoms in total. The van der Waals surface area contributed by atoms with Crippen molar-refractivity contribution in [2.24, 2.45) is 0 Å². The molecular weight excluding hydrogens is 340 g/mol. The molecule has 1 atom stereocenters. The monoisotopic (exact) mass is 358 g/mol. The Morgan fingerprint density at radius 1 is 1.25 bits per heavy atom. The van der Waals surface area contributed by atoms with Gasteiger partial charge in [0.2, 0.25) is 5.89 Å². The van der Waals surface area contributed by atoms with E-state index in [-0.39, 0.29) is 5.25 Å². The lowest BCUT2D eigenvalue weighted by molar-refractivity contribution is 0.375. The van der Waals surface area contributed by atoms with Crippen molar-refractivity contribution in [2.75, 3.05) is 0 Å². The number of rotatable bonds is 4. The topological polar surface area (TPSA) is 64.7 Å². The van der Waals surface area contributed by atoms with E-state index in [1.165, 1.54) is 47.9 Å². The lowest BCUT2D eigenvalue weighted by Crippen LogP contribution is -1.99. The summed E-state index contributed by atoms with van der Waals surface area (Å²) in [4.78, 5) is 16.3. The van der Waals surface area contributed by atoms with E-state index in [0.29, 0.717) is 11.8 Å². The molecule has 3 heterocycles. The highest BCUT2D eigenvalue weighted by molar-refractivity contribution is 7.99. The number of aryl methyl sites for hydroxylation is 2. The Kier molecular flexibility index (Phi) is 3.59. The zero-order valence-electron chi connectivity index (χ0n) is 13.5. The first-order chi connectivity index (χ1) is 11.8. The lowest BCUT2D eigenvalue weighted by atomic mass is 9.97. The number of hydrogen-bond acceptors (Lipinski definition) is 7. The van der Waals surface area contributed by atoms with Crippen LogP contribution in [0.25, 0.3) is 10.2 Å². The number of thioether (sulfide) groups is 1. The van der Waals surface area contributed by atoms with Crippen molar-refractivity contribution in [3.8, 4) is 0 Å². The molecule has 0 aromatic carbocycles. The maximum absolute atomic E-state index is 5.48. The molecule has 2 aliphatic rings. The molecule has 124 valence electrons. The zero-order valence-corrected chi connectivity index (χ0v) is 15.1. The van der Waals surface area contributed by atoms with Crippen molar-refractivity contribution in [3.63, 3.8) is 0 Å². The summed E-state index contributed by atoms with van der Waals surface area (Å²) in [6, 6.07) is 0. The molecule has 0 spiro atoms. The second-order valence-electron chi connectivity index (χ2n) is 6.60. The molecule has 0 saturated heterocycles. The third kappa shape index (κ3) is 2.54. The number of thiophene rings is 1. The molecule has 0 radical (unpaired) electrons. The molecule has 0 amide bonds. The average Bonchev–Trinajstić information content (AvgIpc) is 3.20. The summed E-state index contributed by atoms with van der Waals surface area (Å²) in [5.41, 5.74) is 1.47. The van der Waals surface area contributed by atoms with Crippen molar-refractivity contribution < 1.29 is 4.52 Å². The maximum Gasteiger partial charge on any atom is 0.239 e. The van der Waals surface area contributed by atoms with Crippen LogP contribution in [0.4, 0.5) is 0 Å². The normalized spacial score (nSPS) is 18.7. The van der Waals surface area contributed by atoms with Crippen molar-refractivity contribution in [1.29, 1.82) is 0 Å². The van der Waals surface area contributed by atoms with E-state index < -0.39 is 0 Å². The third-order valence-electron chi connectivity index (χ3n) is 4.75. The quantitative estimate of drug-likeness (QED) is 0.498. The fourth-order valence-electron chi connectivity index (χ4n) is 3.29. The van der Waals surface area contributed by atoms with Gasteiger partial charge in [-0.15, -0.1) is 11.3 Å². The van der Waals surface area contributed by atoms with Gasteiger partial charge in [-0.25, -0.2) is 9.97 Å². The van der Waals surface area contributed by atoms with Crippen LogP contribution in [0, 0.1) is 0 Å². The fraction of sp³-hybridized carbons (Fsp3) is 0.529. The fourth-order valence-corrected chi connectivity index (χ4v) is 5.56. The summed E-state index contributed by atoms with van der Waals surface area (Å²) in [6.45, 7) is 2.11. The van der Waals surface area contributed by atoms with E-state index in [0.717, 1.165) is 22.1 Å². The van der Waals surface area contributed by atoms with Crippen LogP contribution in [0.15, 0.2) is 15.9 Å². The summed E-state index contributed by atoms with van der Waals surface area (Å²) >= 11 is 3.55. The molecule has 5 rings (SSSR count). The second-order valence-corrected chi connectivity index (χ2v) is 9.01. The number of fused-ring (bicyclic) bond motifs is 3. The van der Waals surface area contributed by atoms with Crippen molar-refractivity contribution in [1.82, 2.24) is 20.1 Å². The molecule has 7 heteroatoms. The Balaban J connectivity index is 1.48. The highest BCUT2D eigenvalue weighted by Crippen LogP contribution is 2.44. The molecule has 0 N–H and O–H groups in total. The number of aromatic nitrogens is 4. The van der Waals surface area contributed by atoms with Crippen LogP contribution in [0.5, 0.6) is 0 Å². The van der Waals surface area contributed by atoms with E-state index in [9.17, 15) is 0 Å². The van der Waals surface area contributed by atoms with Crippen LogP contribution in [-0.4, -0.2) is 20.1 Å². The molecule has 1 fully saturated rings. The van der Waals surface area contributed by atoms with Gasteiger partial charge < -0.3 is 4.52 Å². The Labute approximate surface area is 148 Å². The van der Waals surface area contributed by atoms with Gasteiger partial charge in [-0.1, -0.05) is 16.9 Å². The van der Waals surface area contributed by atoms with Crippen molar-refractivity contribution in [2.45, 2.75) is 61.6 Å². The molecule has 1 unspecified atom stereocenters. The lowest BCUT2D eigenvalue weighted by Gasteiger charge is -2.12. The first kappa shape index (κ1) is 14.8. The van der Waals surface area contributed by atoms with Gasteiger partial charge in [-0.2, -0.15) is 4.98 Å². The van der Waals surface area contributed by atoms with Gasteiger partial charge in [0, 0.05) is 16.2 Å². The average molecular weight is 358 g/mol. The van der Waals surface area contributed by atoms with Crippen LogP contribution in [-0.2, 0) is 12.8 Å². The standard InChI is InChI=1S/C17H18N4OS2/c1-9(15-20-14(21-22-15)10-6-7-10)23-16-13-11-4-2-3-5-12(11)24-17(13)19-8-18-16/h8-10H,2-7H2,1H3. The Bertz CT molecular complexity index is 899. The molecule has 3 aromatic rings. The predicted molar refractivity (Wildman–Crippen MR) is 94.6 cm³/mol. The first-order valence-electron chi connectivity index (χ1n) is 8.55. The second kappa shape index (κ2) is 5.81. The highest BCUT2D eigenvalue weighted by atomic mass is 32.2. The Morgan fingerprint density at radius 3 is 3.00 bits per heavy atom. The molecule has 2 aliphatic carbocycles. The highest BCUT2D eigenvalue weighted by Gasteiger charge is 2.30. The SMILES string of the molecule is CC(Sc1ncnc2sc3c(c12)CCCC3)c1nc(C2CC2)no1. The van der Waals surface area contributed by atoms with Crippen LogP contribution < -0.4 is 0 Å². The third-order valence-corrected chi connectivity index (χ3v) is 7.04. The number of nitrogens with zero attached hydrogens (tertiary/aromatic N) is 4. The summed E-state index contributed by atoms with van der Waals surface area (Å²) in [6.07, 6.45) is 8.95. The van der Waals surface area contributed by atoms with Gasteiger partial charge in [0.05, 0.1) is 5.25 Å². The predicted octanol–water partition coefficient (Wildman–Crippen LogP) is 4.68. The van der Waals surface area contributed by atoms with Gasteiger partial charge in [0.1, 0.15) is 16.2 Å². The van der Waals surface area contributed by atoms with Gasteiger partial charge in [-0.05, 0) is 51.0 Å². The molecule has 0 aliphatic heterocycles. The molecule has 3 aromatic heterocycles. The van der Waals surface area contributed by atoms with Crippen LogP contribution >= 0.6 is 23.1 Å². The maximum atomic E-state index is 5.48. The molecular formula is C17H18N4OS2. The minimum Gasteiger partial charge on any atom is -0.338 e. The van der Waals surface area contributed by atoms with Crippen molar-refractivity contribution >= 4 is 33.3 Å². The first-order valence-corrected chi connectivity index (χ1v) is 10.2. The minimum atomic E-state index is 0.0993. The van der Waals surface area contributed by atoms with Gasteiger partial charge in [0.25, 0.3) is 0 Å². The van der Waals surface area contributed by atoms with Gasteiger partial charge >= 0.3 is 0 Å². The van der Waals surface area contributed by atoms with E-state index in [4.69, 9.17) is 4.52 Å². The van der Waals surface area contributed by atoms with Crippen LogP contribution in [0.3, 0.4) is 0 Å². The van der Waals surface area contributed by atoms with Gasteiger partial charge in [0.15, 0.2) is 5.82 Å². The summed E-state index contributed by atoms with van der Waals surface area (Å²) in [5, 5.41) is 6.55. The molecule has 0 bridgehead atoms. The summed E-state index contributed by atoms with van der Waals surface area (Å²) in [5.74, 6) is 2.10. The van der Waals surface area contributed by atoms with Crippen molar-refractivity contribution in [3.05, 3.63) is 28.5 Å². The van der Waals surface area contributed by atoms with Gasteiger partial charge in [-0.3, -0.25) is 0 Å². The van der Waals surface area contributed by atoms with E-state index in [1.54, 1.807) is 18.1 Å². The van der Waals surface area contributed by atoms with E-state index in [1.807, 2.05) is 11.3 Å². The smallest absolute Gasteiger partial charge is 0.239 e. The van der Waals surface area contributed by atoms with E-state index in [2.05, 4.69) is 27.0 Å². The Hall–Kier alpha value is -1.47. The largest absolute Gasteiger partial charge is 0.338 e. The minimum absolute atomic E-state index is 0.0993. The van der Waals surface area contributed by atoms with E-state index >= 15 is 0 Å². The summed E-state index contributed by atoms with van der Waals surface area (Å²) in [7, 11) is 0. The summed E-state index contributed by atoms with van der Waals surface area (Å²) < 4.78 is 5.48. The zero-order chi connectivity index (χ0) is 16.1. The van der Waals surface area contributed by atoms with Crippen LogP contribution in [0.1, 0.15) is 65.9 Å². The Morgan fingerprint density at radius 2 is 2.12 bits per heavy atom. The molecule has 1 saturated carbocycles. The molecule has 24 heavy (non-hydrogen) atoms.